The molecule has 0 amide bonds. The van der Waals surface area contributed by atoms with Gasteiger partial charge in [0.1, 0.15) is 0 Å². The normalized spacial score (nSPS) is 13.2. The average molecular weight is 319 g/mol. The predicted octanol–water partition coefficient (Wildman–Crippen LogP) is 2.47. The Kier molecular flexibility index (Phi) is 6.29. The van der Waals surface area contributed by atoms with Gasteiger partial charge in [0.15, 0.2) is 0 Å². The summed E-state index contributed by atoms with van der Waals surface area (Å²) in [6, 6.07) is 8.00. The van der Waals surface area contributed by atoms with Crippen molar-refractivity contribution >= 4 is 32.6 Å². The Labute approximate surface area is 120 Å². The van der Waals surface area contributed by atoms with Crippen LogP contribution in [0.2, 0.25) is 0 Å². The molecule has 1 aromatic rings. The van der Waals surface area contributed by atoms with E-state index in [4.69, 9.17) is 11.6 Å². The molecule has 1 rings (SSSR count). The molecule has 0 N–H and O–H groups in total. The van der Waals surface area contributed by atoms with E-state index < -0.39 is 10.0 Å². The second kappa shape index (κ2) is 7.49. The van der Waals surface area contributed by atoms with Crippen molar-refractivity contribution in [3.8, 4) is 0 Å². The van der Waals surface area contributed by atoms with E-state index in [1.165, 1.54) is 24.4 Å². The van der Waals surface area contributed by atoms with E-state index in [-0.39, 0.29) is 4.90 Å². The monoisotopic (exact) mass is 318 g/mol. The SMILES string of the molecule is O=S(=O)(/N=C/C=C(Cl)/C=C\[CH]=[V])c1ccccc1. The summed E-state index contributed by atoms with van der Waals surface area (Å²) in [5.74, 6) is 0. The average Bonchev–Trinajstić information content (AvgIpc) is 2.37. The first-order valence-corrected chi connectivity index (χ1v) is 7.54. The van der Waals surface area contributed by atoms with Crippen LogP contribution in [-0.2, 0) is 27.0 Å². The Hall–Kier alpha value is -0.936. The molecule has 0 fully saturated rings. The van der Waals surface area contributed by atoms with Crippen molar-refractivity contribution in [1.82, 2.24) is 0 Å². The molecule has 18 heavy (non-hydrogen) atoms. The van der Waals surface area contributed by atoms with Gasteiger partial charge in [0.25, 0.3) is 0 Å². The summed E-state index contributed by atoms with van der Waals surface area (Å²) in [6.07, 6.45) is 5.92. The number of sulfonamides is 1. The van der Waals surface area contributed by atoms with Crippen LogP contribution in [0.3, 0.4) is 0 Å². The number of allylic oxidation sites excluding steroid dienone is 4. The minimum atomic E-state index is -3.65. The van der Waals surface area contributed by atoms with Crippen LogP contribution < -0.4 is 0 Å². The van der Waals surface area contributed by atoms with Gasteiger partial charge in [-0.15, -0.1) is 0 Å². The van der Waals surface area contributed by atoms with Gasteiger partial charge >= 0.3 is 121 Å². The van der Waals surface area contributed by atoms with Crippen molar-refractivity contribution in [3.63, 3.8) is 0 Å². The zero-order valence-corrected chi connectivity index (χ0v) is 12.2. The number of benzene rings is 1. The Bertz CT molecular complexity index is 592. The summed E-state index contributed by atoms with van der Waals surface area (Å²) in [5.41, 5.74) is 0. The van der Waals surface area contributed by atoms with Crippen LogP contribution in [0.1, 0.15) is 0 Å². The van der Waals surface area contributed by atoms with Crippen LogP contribution >= 0.6 is 11.6 Å². The quantitative estimate of drug-likeness (QED) is 0.618. The third-order valence-electron chi connectivity index (χ3n) is 1.82. The van der Waals surface area contributed by atoms with Gasteiger partial charge in [0, 0.05) is 0 Å². The molecule has 0 saturated heterocycles. The Morgan fingerprint density at radius 1 is 1.28 bits per heavy atom. The standard InChI is InChI=1S/C12H10ClNO2S.V/c1-2-6-11(13)9-10-14-17(15,16)12-7-4-3-5-8-12;/h1-10H;/b6-2-,11-9-,14-10+;. The first kappa shape index (κ1) is 15.1. The molecule has 0 atom stereocenters. The van der Waals surface area contributed by atoms with Gasteiger partial charge in [0.2, 0.25) is 0 Å². The Morgan fingerprint density at radius 3 is 2.56 bits per heavy atom. The second-order valence-corrected chi connectivity index (χ2v) is 5.64. The first-order chi connectivity index (χ1) is 8.56. The van der Waals surface area contributed by atoms with Gasteiger partial charge in [-0.3, -0.25) is 0 Å². The van der Waals surface area contributed by atoms with Crippen molar-refractivity contribution < 1.29 is 25.4 Å². The topological polar surface area (TPSA) is 46.5 Å². The fourth-order valence-corrected chi connectivity index (χ4v) is 2.13. The number of halogens is 1. The summed E-state index contributed by atoms with van der Waals surface area (Å²) >= 11 is 8.06. The summed E-state index contributed by atoms with van der Waals surface area (Å²) < 4.78 is 28.7. The fourth-order valence-electron chi connectivity index (χ4n) is 1.03. The second-order valence-electron chi connectivity index (χ2n) is 3.10. The van der Waals surface area contributed by atoms with Crippen LogP contribution in [-0.4, -0.2) is 19.4 Å². The fraction of sp³-hybridized carbons (Fsp3) is 0. The molecule has 0 aromatic heterocycles. The van der Waals surface area contributed by atoms with Gasteiger partial charge in [-0.1, -0.05) is 0 Å². The molecular formula is C12H10ClNO2SV. The third kappa shape index (κ3) is 5.15. The van der Waals surface area contributed by atoms with E-state index in [1.54, 1.807) is 35.1 Å². The maximum absolute atomic E-state index is 11.7. The molecule has 0 spiro atoms. The molecule has 93 valence electrons. The van der Waals surface area contributed by atoms with Crippen LogP contribution in [0.15, 0.2) is 62.9 Å². The van der Waals surface area contributed by atoms with Crippen molar-refractivity contribution in [2.75, 3.05) is 0 Å². The molecule has 0 bridgehead atoms. The van der Waals surface area contributed by atoms with Gasteiger partial charge < -0.3 is 0 Å². The number of rotatable bonds is 5. The zero-order chi connectivity index (χ0) is 13.4. The molecule has 0 unspecified atom stereocenters. The molecule has 0 heterocycles. The van der Waals surface area contributed by atoms with E-state index >= 15 is 0 Å². The molecule has 0 aliphatic rings. The summed E-state index contributed by atoms with van der Waals surface area (Å²) in [7, 11) is -3.65. The molecule has 0 aliphatic heterocycles. The number of hydrogen-bond donors (Lipinski definition) is 0. The summed E-state index contributed by atoms with van der Waals surface area (Å²) in [5, 5.41) is 0.393. The zero-order valence-electron chi connectivity index (χ0n) is 9.27. The van der Waals surface area contributed by atoms with Gasteiger partial charge in [-0.05, 0) is 0 Å². The molecule has 0 aliphatic carbocycles. The van der Waals surface area contributed by atoms with Crippen molar-refractivity contribution in [3.05, 3.63) is 53.6 Å². The minimum absolute atomic E-state index is 0.153. The molecule has 0 saturated carbocycles. The van der Waals surface area contributed by atoms with E-state index in [0.29, 0.717) is 5.03 Å². The van der Waals surface area contributed by atoms with E-state index in [1.807, 2.05) is 0 Å². The molecule has 1 aromatic carbocycles. The summed E-state index contributed by atoms with van der Waals surface area (Å²) in [4.78, 5) is 0.153. The van der Waals surface area contributed by atoms with E-state index in [9.17, 15) is 8.42 Å². The Balaban J connectivity index is 2.85. The third-order valence-corrected chi connectivity index (χ3v) is 3.60. The Morgan fingerprint density at radius 2 is 1.94 bits per heavy atom. The van der Waals surface area contributed by atoms with Gasteiger partial charge in [-0.25, -0.2) is 0 Å². The molecule has 6 heteroatoms. The van der Waals surface area contributed by atoms with Gasteiger partial charge in [0.05, 0.1) is 0 Å². The molecule has 0 radical (unpaired) electrons. The number of hydrogen-bond acceptors (Lipinski definition) is 2. The number of nitrogens with zero attached hydrogens (tertiary/aromatic N) is 1. The molecule has 3 nitrogen and oxygen atoms in total. The van der Waals surface area contributed by atoms with Crippen LogP contribution in [0.25, 0.3) is 0 Å². The van der Waals surface area contributed by atoms with Crippen LogP contribution in [0, 0.1) is 0 Å². The van der Waals surface area contributed by atoms with Crippen molar-refractivity contribution in [1.29, 1.82) is 0 Å². The van der Waals surface area contributed by atoms with E-state index in [2.05, 4.69) is 21.4 Å². The summed E-state index contributed by atoms with van der Waals surface area (Å²) in [6.45, 7) is 0. The van der Waals surface area contributed by atoms with Gasteiger partial charge in [-0.2, -0.15) is 0 Å². The van der Waals surface area contributed by atoms with Crippen molar-refractivity contribution in [2.45, 2.75) is 4.90 Å². The van der Waals surface area contributed by atoms with E-state index in [0.717, 1.165) is 0 Å². The molecular weight excluding hydrogens is 309 g/mol. The first-order valence-electron chi connectivity index (χ1n) is 4.91. The van der Waals surface area contributed by atoms with Crippen LogP contribution in [0.5, 0.6) is 0 Å². The maximum atomic E-state index is 11.7. The van der Waals surface area contributed by atoms with Crippen molar-refractivity contribution in [2.24, 2.45) is 4.40 Å². The predicted molar refractivity (Wildman–Crippen MR) is 71.3 cm³/mol. The van der Waals surface area contributed by atoms with Crippen LogP contribution in [0.4, 0.5) is 0 Å².